The van der Waals surface area contributed by atoms with Crippen LogP contribution in [0.3, 0.4) is 0 Å². The van der Waals surface area contributed by atoms with Crippen molar-refractivity contribution in [3.8, 4) is 11.1 Å². The number of hydrogen-bond acceptors (Lipinski definition) is 1. The van der Waals surface area contributed by atoms with Gasteiger partial charge in [-0.3, -0.25) is 0 Å². The second-order valence-corrected chi connectivity index (χ2v) is 7.93. The third-order valence-corrected chi connectivity index (χ3v) is 5.94. The Hall–Kier alpha value is -1.86. The summed E-state index contributed by atoms with van der Waals surface area (Å²) in [6.45, 7) is 7.76. The predicted molar refractivity (Wildman–Crippen MR) is 116 cm³/mol. The van der Waals surface area contributed by atoms with E-state index >= 15 is 0 Å². The molecule has 0 saturated heterocycles. The van der Waals surface area contributed by atoms with Crippen molar-refractivity contribution in [3.05, 3.63) is 72.3 Å². The first kappa shape index (κ1) is 19.9. The zero-order valence-corrected chi connectivity index (χ0v) is 16.8. The summed E-state index contributed by atoms with van der Waals surface area (Å²) >= 11 is 0. The maximum absolute atomic E-state index is 5.76. The Morgan fingerprint density at radius 3 is 2.11 bits per heavy atom. The molecule has 27 heavy (non-hydrogen) atoms. The molecular formula is C26H34O. The van der Waals surface area contributed by atoms with Gasteiger partial charge >= 0.3 is 0 Å². The molecule has 0 aromatic heterocycles. The van der Waals surface area contributed by atoms with Crippen molar-refractivity contribution in [2.24, 2.45) is 5.92 Å². The molecule has 0 bridgehead atoms. The number of unbranched alkanes of at least 4 members (excludes halogenated alkanes) is 2. The van der Waals surface area contributed by atoms with E-state index in [0.29, 0.717) is 0 Å². The van der Waals surface area contributed by atoms with Crippen molar-refractivity contribution in [2.45, 2.75) is 64.4 Å². The molecule has 0 N–H and O–H groups in total. The minimum absolute atomic E-state index is 0.719. The van der Waals surface area contributed by atoms with Gasteiger partial charge in [-0.25, -0.2) is 0 Å². The molecule has 1 nitrogen and oxygen atoms in total. The van der Waals surface area contributed by atoms with Crippen molar-refractivity contribution in [1.82, 2.24) is 0 Å². The molecule has 3 rings (SSSR count). The highest BCUT2D eigenvalue weighted by molar-refractivity contribution is 5.64. The van der Waals surface area contributed by atoms with Crippen LogP contribution >= 0.6 is 0 Å². The molecule has 1 heteroatoms. The molecule has 0 spiro atoms. The highest BCUT2D eigenvalue weighted by Gasteiger charge is 2.20. The fourth-order valence-corrected chi connectivity index (χ4v) is 4.07. The van der Waals surface area contributed by atoms with E-state index in [2.05, 4.69) is 68.1 Å². The van der Waals surface area contributed by atoms with Gasteiger partial charge < -0.3 is 4.74 Å². The lowest BCUT2D eigenvalue weighted by Crippen LogP contribution is -2.11. The molecule has 1 aliphatic rings. The Kier molecular flexibility index (Phi) is 7.71. The Morgan fingerprint density at radius 1 is 0.889 bits per heavy atom. The first-order chi connectivity index (χ1) is 13.3. The highest BCUT2D eigenvalue weighted by atomic mass is 16.5. The Bertz CT molecular complexity index is 675. The van der Waals surface area contributed by atoms with Gasteiger partial charge in [-0.15, -0.1) is 6.58 Å². The van der Waals surface area contributed by atoms with Gasteiger partial charge in [-0.05, 0) is 66.2 Å². The quantitative estimate of drug-likeness (QED) is 0.331. The largest absolute Gasteiger partial charge is 0.377 e. The number of hydrogen-bond donors (Lipinski definition) is 0. The van der Waals surface area contributed by atoms with Crippen LogP contribution in [-0.4, -0.2) is 6.61 Å². The third kappa shape index (κ3) is 5.81. The molecule has 0 atom stereocenters. The van der Waals surface area contributed by atoms with Crippen LogP contribution in [0.2, 0.25) is 0 Å². The average Bonchev–Trinajstić information content (AvgIpc) is 2.74. The van der Waals surface area contributed by atoms with Gasteiger partial charge in [0, 0.05) is 6.61 Å². The summed E-state index contributed by atoms with van der Waals surface area (Å²) in [7, 11) is 0. The lowest BCUT2D eigenvalue weighted by molar-refractivity contribution is 0.117. The minimum Gasteiger partial charge on any atom is -0.377 e. The smallest absolute Gasteiger partial charge is 0.0716 e. The molecule has 0 radical (unpaired) electrons. The summed E-state index contributed by atoms with van der Waals surface area (Å²) in [5, 5.41) is 0. The fraction of sp³-hybridized carbons (Fsp3) is 0.462. The van der Waals surface area contributed by atoms with Crippen molar-refractivity contribution < 1.29 is 4.74 Å². The maximum Gasteiger partial charge on any atom is 0.0716 e. The molecule has 0 amide bonds. The van der Waals surface area contributed by atoms with Crippen LogP contribution < -0.4 is 0 Å². The number of allylic oxidation sites excluding steroid dienone is 1. The molecular weight excluding hydrogens is 328 g/mol. The molecule has 1 aliphatic carbocycles. The van der Waals surface area contributed by atoms with Crippen LogP contribution in [0, 0.1) is 5.92 Å². The predicted octanol–water partition coefficient (Wildman–Crippen LogP) is 7.52. The van der Waals surface area contributed by atoms with Crippen LogP contribution in [0.1, 0.15) is 68.9 Å². The van der Waals surface area contributed by atoms with E-state index < -0.39 is 0 Å². The second-order valence-electron chi connectivity index (χ2n) is 7.93. The zero-order valence-electron chi connectivity index (χ0n) is 16.8. The van der Waals surface area contributed by atoms with E-state index in [1.54, 1.807) is 0 Å². The van der Waals surface area contributed by atoms with Crippen molar-refractivity contribution >= 4 is 0 Å². The molecule has 144 valence electrons. The number of benzene rings is 2. The Balaban J connectivity index is 1.53. The van der Waals surface area contributed by atoms with E-state index in [9.17, 15) is 0 Å². The fourth-order valence-electron chi connectivity index (χ4n) is 4.07. The zero-order chi connectivity index (χ0) is 18.9. The molecule has 2 aromatic carbocycles. The molecule has 0 heterocycles. The van der Waals surface area contributed by atoms with Crippen molar-refractivity contribution in [2.75, 3.05) is 6.61 Å². The van der Waals surface area contributed by atoms with Crippen LogP contribution in [0.25, 0.3) is 11.1 Å². The molecule has 2 aromatic rings. The normalized spacial score (nSPS) is 19.7. The lowest BCUT2D eigenvalue weighted by Gasteiger charge is -2.27. The maximum atomic E-state index is 5.76. The summed E-state index contributed by atoms with van der Waals surface area (Å²) in [5.41, 5.74) is 5.34. The van der Waals surface area contributed by atoms with E-state index in [1.165, 1.54) is 60.8 Å². The van der Waals surface area contributed by atoms with Gasteiger partial charge in [0.05, 0.1) is 6.61 Å². The van der Waals surface area contributed by atoms with Crippen LogP contribution in [-0.2, 0) is 11.3 Å². The summed E-state index contributed by atoms with van der Waals surface area (Å²) in [5.74, 6) is 1.46. The number of rotatable bonds is 9. The third-order valence-electron chi connectivity index (χ3n) is 5.94. The number of ether oxygens (including phenoxy) is 1. The SMILES string of the molecule is C=CC1CCC(c2ccc(-c3ccc(COCCCCC)cc3)cc2)CC1. The standard InChI is InChI=1S/C26H34O/c1-3-5-6-19-27-20-22-9-13-24(14-10-22)26-17-15-25(16-18-26)23-11-7-21(4-2)8-12-23/h4,9-10,13-18,21,23H,2-3,5-8,11-12,19-20H2,1H3. The van der Waals surface area contributed by atoms with Crippen molar-refractivity contribution in [3.63, 3.8) is 0 Å². The van der Waals surface area contributed by atoms with Crippen LogP contribution in [0.4, 0.5) is 0 Å². The highest BCUT2D eigenvalue weighted by Crippen LogP contribution is 2.36. The first-order valence-corrected chi connectivity index (χ1v) is 10.7. The first-order valence-electron chi connectivity index (χ1n) is 10.7. The van der Waals surface area contributed by atoms with Crippen LogP contribution in [0.5, 0.6) is 0 Å². The van der Waals surface area contributed by atoms with Gasteiger partial charge in [0.1, 0.15) is 0 Å². The van der Waals surface area contributed by atoms with E-state index in [1.807, 2.05) is 0 Å². The average molecular weight is 363 g/mol. The van der Waals surface area contributed by atoms with Gasteiger partial charge in [-0.1, -0.05) is 74.4 Å². The van der Waals surface area contributed by atoms with E-state index in [-0.39, 0.29) is 0 Å². The van der Waals surface area contributed by atoms with Gasteiger partial charge in [0.25, 0.3) is 0 Å². The van der Waals surface area contributed by atoms with E-state index in [0.717, 1.165) is 31.5 Å². The monoisotopic (exact) mass is 362 g/mol. The molecule has 0 aliphatic heterocycles. The topological polar surface area (TPSA) is 9.23 Å². The van der Waals surface area contributed by atoms with Gasteiger partial charge in [0.2, 0.25) is 0 Å². The second kappa shape index (κ2) is 10.5. The molecule has 0 unspecified atom stereocenters. The molecule has 1 saturated carbocycles. The van der Waals surface area contributed by atoms with Crippen LogP contribution in [0.15, 0.2) is 61.2 Å². The van der Waals surface area contributed by atoms with E-state index in [4.69, 9.17) is 4.74 Å². The Morgan fingerprint density at radius 2 is 1.52 bits per heavy atom. The van der Waals surface area contributed by atoms with Gasteiger partial charge in [0.15, 0.2) is 0 Å². The summed E-state index contributed by atoms with van der Waals surface area (Å²) in [4.78, 5) is 0. The molecule has 1 fully saturated rings. The van der Waals surface area contributed by atoms with Gasteiger partial charge in [-0.2, -0.15) is 0 Å². The summed E-state index contributed by atoms with van der Waals surface area (Å²) < 4.78 is 5.76. The summed E-state index contributed by atoms with van der Waals surface area (Å²) in [6, 6.07) is 18.1. The lowest BCUT2D eigenvalue weighted by atomic mass is 9.78. The minimum atomic E-state index is 0.719. The summed E-state index contributed by atoms with van der Waals surface area (Å²) in [6.07, 6.45) is 11.0. The Labute approximate surface area is 165 Å². The van der Waals surface area contributed by atoms with Crippen molar-refractivity contribution in [1.29, 1.82) is 0 Å².